The van der Waals surface area contributed by atoms with Crippen LogP contribution in [0.1, 0.15) is 44.2 Å². The molecular formula is C15H22FNO. The Bertz CT molecular complexity index is 375. The van der Waals surface area contributed by atoms with E-state index in [9.17, 15) is 4.39 Å². The summed E-state index contributed by atoms with van der Waals surface area (Å²) in [6.07, 6.45) is 4.38. The van der Waals surface area contributed by atoms with Gasteiger partial charge in [-0.2, -0.15) is 0 Å². The van der Waals surface area contributed by atoms with Crippen LogP contribution in [-0.2, 0) is 0 Å². The second-order valence-electron chi connectivity index (χ2n) is 5.34. The summed E-state index contributed by atoms with van der Waals surface area (Å²) in [6.45, 7) is 2.39. The molecular weight excluding hydrogens is 229 g/mol. The minimum atomic E-state index is -0.176. The fraction of sp³-hybridized carbons (Fsp3) is 0.600. The lowest BCUT2D eigenvalue weighted by Gasteiger charge is -2.30. The molecule has 1 fully saturated rings. The number of nitrogens with one attached hydrogen (secondary N) is 1. The summed E-state index contributed by atoms with van der Waals surface area (Å²) in [4.78, 5) is 0. The second-order valence-corrected chi connectivity index (χ2v) is 5.34. The van der Waals surface area contributed by atoms with Crippen molar-refractivity contribution < 1.29 is 9.50 Å². The van der Waals surface area contributed by atoms with Crippen molar-refractivity contribution in [1.29, 1.82) is 0 Å². The zero-order valence-corrected chi connectivity index (χ0v) is 10.9. The molecule has 1 aliphatic carbocycles. The van der Waals surface area contributed by atoms with Crippen LogP contribution < -0.4 is 5.32 Å². The lowest BCUT2D eigenvalue weighted by molar-refractivity contribution is 0.172. The van der Waals surface area contributed by atoms with Crippen molar-refractivity contribution in [2.24, 2.45) is 5.92 Å². The molecule has 1 unspecified atom stereocenters. The summed E-state index contributed by atoms with van der Waals surface area (Å²) in [6, 6.07) is 7.45. The van der Waals surface area contributed by atoms with Crippen molar-refractivity contribution >= 4 is 0 Å². The molecule has 1 atom stereocenters. The third-order valence-corrected chi connectivity index (χ3v) is 3.94. The Morgan fingerprint density at radius 1 is 1.33 bits per heavy atom. The molecule has 1 saturated carbocycles. The van der Waals surface area contributed by atoms with E-state index in [1.807, 2.05) is 6.07 Å². The fourth-order valence-corrected chi connectivity index (χ4v) is 2.74. The van der Waals surface area contributed by atoms with Crippen LogP contribution in [0.5, 0.6) is 0 Å². The molecule has 0 saturated heterocycles. The summed E-state index contributed by atoms with van der Waals surface area (Å²) >= 11 is 0. The first-order valence-electron chi connectivity index (χ1n) is 6.81. The maximum atomic E-state index is 13.1. The van der Waals surface area contributed by atoms with Gasteiger partial charge in [0.1, 0.15) is 5.82 Å². The van der Waals surface area contributed by atoms with Gasteiger partial charge in [-0.1, -0.05) is 12.1 Å². The number of aliphatic hydroxyl groups excluding tert-OH is 1. The van der Waals surface area contributed by atoms with Crippen molar-refractivity contribution in [2.45, 2.75) is 44.7 Å². The van der Waals surface area contributed by atoms with E-state index in [1.165, 1.54) is 6.07 Å². The van der Waals surface area contributed by atoms with Crippen LogP contribution >= 0.6 is 0 Å². The third-order valence-electron chi connectivity index (χ3n) is 3.94. The maximum absolute atomic E-state index is 13.1. The molecule has 18 heavy (non-hydrogen) atoms. The lowest BCUT2D eigenvalue weighted by Crippen LogP contribution is -2.35. The highest BCUT2D eigenvalue weighted by Gasteiger charge is 2.21. The lowest BCUT2D eigenvalue weighted by atomic mass is 9.86. The van der Waals surface area contributed by atoms with Gasteiger partial charge in [-0.05, 0) is 56.2 Å². The van der Waals surface area contributed by atoms with Gasteiger partial charge in [0.15, 0.2) is 0 Å². The molecule has 100 valence electrons. The molecule has 1 aliphatic rings. The number of aliphatic hydroxyl groups is 1. The van der Waals surface area contributed by atoms with Crippen LogP contribution in [-0.4, -0.2) is 17.8 Å². The Kier molecular flexibility index (Phi) is 4.72. The molecule has 0 spiro atoms. The number of hydrogen-bond acceptors (Lipinski definition) is 2. The molecule has 2 rings (SSSR count). The first kappa shape index (κ1) is 13.5. The smallest absolute Gasteiger partial charge is 0.123 e. The van der Waals surface area contributed by atoms with Gasteiger partial charge in [-0.15, -0.1) is 0 Å². The molecule has 3 heteroatoms. The summed E-state index contributed by atoms with van der Waals surface area (Å²) in [5, 5.41) is 12.7. The van der Waals surface area contributed by atoms with Gasteiger partial charge in [-0.25, -0.2) is 4.39 Å². The quantitative estimate of drug-likeness (QED) is 0.862. The van der Waals surface area contributed by atoms with Gasteiger partial charge < -0.3 is 10.4 Å². The van der Waals surface area contributed by atoms with E-state index in [-0.39, 0.29) is 11.9 Å². The molecule has 0 radical (unpaired) electrons. The molecule has 2 nitrogen and oxygen atoms in total. The molecule has 1 aromatic carbocycles. The Balaban J connectivity index is 1.86. The van der Waals surface area contributed by atoms with E-state index in [4.69, 9.17) is 5.11 Å². The Morgan fingerprint density at radius 3 is 2.67 bits per heavy atom. The van der Waals surface area contributed by atoms with Crippen LogP contribution in [0.4, 0.5) is 4.39 Å². The van der Waals surface area contributed by atoms with E-state index >= 15 is 0 Å². The molecule has 0 amide bonds. The summed E-state index contributed by atoms with van der Waals surface area (Å²) in [5.74, 6) is 0.303. The Hall–Kier alpha value is -0.930. The first-order valence-corrected chi connectivity index (χ1v) is 6.81. The van der Waals surface area contributed by atoms with Crippen molar-refractivity contribution in [3.8, 4) is 0 Å². The zero-order chi connectivity index (χ0) is 13.0. The van der Waals surface area contributed by atoms with Gasteiger partial charge in [0.25, 0.3) is 0 Å². The molecule has 0 aromatic heterocycles. The van der Waals surface area contributed by atoms with Crippen LogP contribution in [0.25, 0.3) is 0 Å². The van der Waals surface area contributed by atoms with Gasteiger partial charge >= 0.3 is 0 Å². The highest BCUT2D eigenvalue weighted by Crippen LogP contribution is 2.25. The van der Waals surface area contributed by atoms with Crippen molar-refractivity contribution in [1.82, 2.24) is 5.32 Å². The predicted molar refractivity (Wildman–Crippen MR) is 70.8 cm³/mol. The van der Waals surface area contributed by atoms with Crippen LogP contribution in [0, 0.1) is 11.7 Å². The normalized spacial score (nSPS) is 25.9. The van der Waals surface area contributed by atoms with Gasteiger partial charge in [0.2, 0.25) is 0 Å². The average molecular weight is 251 g/mol. The van der Waals surface area contributed by atoms with Crippen molar-refractivity contribution in [2.75, 3.05) is 6.61 Å². The average Bonchev–Trinajstić information content (AvgIpc) is 2.39. The highest BCUT2D eigenvalue weighted by atomic mass is 19.1. The number of halogens is 1. The highest BCUT2D eigenvalue weighted by molar-refractivity contribution is 5.19. The number of rotatable bonds is 4. The largest absolute Gasteiger partial charge is 0.396 e. The van der Waals surface area contributed by atoms with Crippen molar-refractivity contribution in [3.63, 3.8) is 0 Å². The summed E-state index contributed by atoms with van der Waals surface area (Å²) in [7, 11) is 0. The van der Waals surface area contributed by atoms with E-state index in [0.717, 1.165) is 31.2 Å². The van der Waals surface area contributed by atoms with E-state index in [0.29, 0.717) is 18.6 Å². The summed E-state index contributed by atoms with van der Waals surface area (Å²) in [5.41, 5.74) is 0.999. The molecule has 1 aromatic rings. The molecule has 0 aliphatic heterocycles. The third kappa shape index (κ3) is 3.53. The number of hydrogen-bond donors (Lipinski definition) is 2. The molecule has 0 bridgehead atoms. The van der Waals surface area contributed by atoms with E-state index < -0.39 is 0 Å². The zero-order valence-electron chi connectivity index (χ0n) is 10.9. The monoisotopic (exact) mass is 251 g/mol. The Morgan fingerprint density at radius 2 is 2.06 bits per heavy atom. The van der Waals surface area contributed by atoms with Gasteiger partial charge in [-0.3, -0.25) is 0 Å². The standard InChI is InChI=1S/C15H22FNO/c1-11(13-3-2-4-14(16)9-13)17-15-7-5-12(10-18)6-8-15/h2-4,9,11-12,15,17-18H,5-8,10H2,1H3. The summed E-state index contributed by atoms with van der Waals surface area (Å²) < 4.78 is 13.1. The predicted octanol–water partition coefficient (Wildman–Crippen LogP) is 3.03. The van der Waals surface area contributed by atoms with Gasteiger partial charge in [0, 0.05) is 18.7 Å². The van der Waals surface area contributed by atoms with Crippen LogP contribution in [0.15, 0.2) is 24.3 Å². The SMILES string of the molecule is CC(NC1CCC(CO)CC1)c1cccc(F)c1. The fourth-order valence-electron chi connectivity index (χ4n) is 2.74. The van der Waals surface area contributed by atoms with E-state index in [2.05, 4.69) is 12.2 Å². The van der Waals surface area contributed by atoms with Crippen LogP contribution in [0.2, 0.25) is 0 Å². The van der Waals surface area contributed by atoms with Gasteiger partial charge in [0.05, 0.1) is 0 Å². The number of benzene rings is 1. The maximum Gasteiger partial charge on any atom is 0.123 e. The topological polar surface area (TPSA) is 32.3 Å². The molecule has 0 heterocycles. The minimum Gasteiger partial charge on any atom is -0.396 e. The van der Waals surface area contributed by atoms with Crippen molar-refractivity contribution in [3.05, 3.63) is 35.6 Å². The second kappa shape index (κ2) is 6.30. The Labute approximate surface area is 108 Å². The van der Waals surface area contributed by atoms with E-state index in [1.54, 1.807) is 12.1 Å². The minimum absolute atomic E-state index is 0.176. The first-order chi connectivity index (χ1) is 8.69. The molecule has 2 N–H and O–H groups in total. The van der Waals surface area contributed by atoms with Crippen LogP contribution in [0.3, 0.4) is 0 Å².